The van der Waals surface area contributed by atoms with Crippen LogP contribution in [0.1, 0.15) is 56.0 Å². The number of ether oxygens (including phenoxy) is 1. The predicted octanol–water partition coefficient (Wildman–Crippen LogP) is 4.12. The fourth-order valence-electron chi connectivity index (χ4n) is 2.26. The third-order valence-electron chi connectivity index (χ3n) is 3.33. The van der Waals surface area contributed by atoms with Crippen LogP contribution in [0.25, 0.3) is 0 Å². The fourth-order valence-corrected chi connectivity index (χ4v) is 2.26. The Morgan fingerprint density at radius 2 is 1.89 bits per heavy atom. The van der Waals surface area contributed by atoms with E-state index in [-0.39, 0.29) is 0 Å². The van der Waals surface area contributed by atoms with E-state index in [9.17, 15) is 4.79 Å². The molecule has 0 saturated heterocycles. The highest BCUT2D eigenvalue weighted by molar-refractivity contribution is 5.87. The van der Waals surface area contributed by atoms with Crippen LogP contribution in [0.5, 0.6) is 0 Å². The van der Waals surface area contributed by atoms with Crippen LogP contribution in [0, 0.1) is 5.92 Å². The molecule has 1 aliphatic carbocycles. The van der Waals surface area contributed by atoms with E-state index in [4.69, 9.17) is 9.84 Å². The van der Waals surface area contributed by atoms with Gasteiger partial charge in [0.2, 0.25) is 0 Å². The monoisotopic (exact) mass is 264 g/mol. The van der Waals surface area contributed by atoms with E-state index in [2.05, 4.69) is 6.92 Å². The van der Waals surface area contributed by atoms with E-state index in [0.29, 0.717) is 18.3 Å². The number of rotatable bonds is 4. The molecular weight excluding hydrogens is 240 g/mol. The standard InChI is InChI=1S/C14H18O3.C2H6/c1-10-2-7-13(8-10)17-9-11-3-5-12(6-4-11)14(15)16;1-2/h3-6,10,13H,2,7-9H2,1H3,(H,15,16);1-2H3. The topological polar surface area (TPSA) is 46.5 Å². The van der Waals surface area contributed by atoms with Gasteiger partial charge in [0.05, 0.1) is 18.3 Å². The first kappa shape index (κ1) is 15.7. The molecule has 1 aromatic rings. The number of aromatic carboxylic acids is 1. The molecule has 0 amide bonds. The highest BCUT2D eigenvalue weighted by Crippen LogP contribution is 2.27. The molecule has 2 unspecified atom stereocenters. The molecule has 1 aliphatic rings. The van der Waals surface area contributed by atoms with Gasteiger partial charge >= 0.3 is 5.97 Å². The average molecular weight is 264 g/mol. The Labute approximate surface area is 115 Å². The third-order valence-corrected chi connectivity index (χ3v) is 3.33. The van der Waals surface area contributed by atoms with Crippen molar-refractivity contribution in [1.29, 1.82) is 0 Å². The van der Waals surface area contributed by atoms with E-state index in [1.807, 2.05) is 26.0 Å². The Balaban J connectivity index is 0.000000861. The Morgan fingerprint density at radius 3 is 2.37 bits per heavy atom. The van der Waals surface area contributed by atoms with Crippen molar-refractivity contribution in [3.8, 4) is 0 Å². The highest BCUT2D eigenvalue weighted by atomic mass is 16.5. The lowest BCUT2D eigenvalue weighted by Crippen LogP contribution is -2.08. The Morgan fingerprint density at radius 1 is 1.26 bits per heavy atom. The van der Waals surface area contributed by atoms with Crippen molar-refractivity contribution in [2.75, 3.05) is 0 Å². The summed E-state index contributed by atoms with van der Waals surface area (Å²) in [5.74, 6) is -0.114. The summed E-state index contributed by atoms with van der Waals surface area (Å²) < 4.78 is 5.81. The molecule has 106 valence electrons. The average Bonchev–Trinajstić information content (AvgIpc) is 2.85. The van der Waals surface area contributed by atoms with Crippen molar-refractivity contribution in [2.24, 2.45) is 5.92 Å². The van der Waals surface area contributed by atoms with Crippen LogP contribution in [0.3, 0.4) is 0 Å². The van der Waals surface area contributed by atoms with Gasteiger partial charge in [0.15, 0.2) is 0 Å². The van der Waals surface area contributed by atoms with Crippen molar-refractivity contribution in [3.63, 3.8) is 0 Å². The van der Waals surface area contributed by atoms with E-state index >= 15 is 0 Å². The summed E-state index contributed by atoms with van der Waals surface area (Å²) in [6, 6.07) is 6.89. The van der Waals surface area contributed by atoms with Crippen LogP contribution >= 0.6 is 0 Å². The zero-order valence-electron chi connectivity index (χ0n) is 12.1. The van der Waals surface area contributed by atoms with Gasteiger partial charge in [-0.1, -0.05) is 32.9 Å². The Hall–Kier alpha value is -1.35. The highest BCUT2D eigenvalue weighted by Gasteiger charge is 2.21. The van der Waals surface area contributed by atoms with Gasteiger partial charge in [-0.3, -0.25) is 0 Å². The summed E-state index contributed by atoms with van der Waals surface area (Å²) >= 11 is 0. The molecule has 3 nitrogen and oxygen atoms in total. The zero-order chi connectivity index (χ0) is 14.3. The number of carbonyl (C=O) groups is 1. The second-order valence-corrected chi connectivity index (χ2v) is 4.85. The lowest BCUT2D eigenvalue weighted by Gasteiger charge is -2.11. The van der Waals surface area contributed by atoms with Crippen LogP contribution in [-0.4, -0.2) is 17.2 Å². The van der Waals surface area contributed by atoms with E-state index in [0.717, 1.165) is 24.3 Å². The molecule has 3 heteroatoms. The smallest absolute Gasteiger partial charge is 0.335 e. The molecule has 0 bridgehead atoms. The fraction of sp³-hybridized carbons (Fsp3) is 0.562. The summed E-state index contributed by atoms with van der Waals surface area (Å²) in [5.41, 5.74) is 1.36. The van der Waals surface area contributed by atoms with Crippen molar-refractivity contribution < 1.29 is 14.6 Å². The lowest BCUT2D eigenvalue weighted by molar-refractivity contribution is 0.0434. The summed E-state index contributed by atoms with van der Waals surface area (Å²) in [6.45, 7) is 6.84. The molecule has 0 spiro atoms. The van der Waals surface area contributed by atoms with Crippen LogP contribution < -0.4 is 0 Å². The summed E-state index contributed by atoms with van der Waals surface area (Å²) in [6.07, 6.45) is 3.92. The van der Waals surface area contributed by atoms with Crippen LogP contribution in [0.2, 0.25) is 0 Å². The maximum atomic E-state index is 10.7. The molecule has 19 heavy (non-hydrogen) atoms. The zero-order valence-corrected chi connectivity index (χ0v) is 12.1. The van der Waals surface area contributed by atoms with Gasteiger partial charge in [-0.15, -0.1) is 0 Å². The number of benzene rings is 1. The molecule has 1 N–H and O–H groups in total. The summed E-state index contributed by atoms with van der Waals surface area (Å²) in [5, 5.41) is 8.78. The van der Waals surface area contributed by atoms with Gasteiger partial charge in [-0.2, -0.15) is 0 Å². The second-order valence-electron chi connectivity index (χ2n) is 4.85. The number of carboxylic acid groups (broad SMARTS) is 1. The Kier molecular flexibility index (Phi) is 6.57. The SMILES string of the molecule is CC.CC1CCC(OCc2ccc(C(=O)O)cc2)C1. The first-order valence-electron chi connectivity index (χ1n) is 7.09. The lowest BCUT2D eigenvalue weighted by atomic mass is 10.1. The normalized spacial score (nSPS) is 21.6. The molecule has 0 radical (unpaired) electrons. The minimum Gasteiger partial charge on any atom is -0.478 e. The molecule has 0 aliphatic heterocycles. The molecule has 2 atom stereocenters. The van der Waals surface area contributed by atoms with Gasteiger partial charge in [0, 0.05) is 0 Å². The minimum atomic E-state index is -0.887. The predicted molar refractivity (Wildman–Crippen MR) is 76.3 cm³/mol. The first-order chi connectivity index (χ1) is 9.15. The first-order valence-corrected chi connectivity index (χ1v) is 7.09. The third kappa shape index (κ3) is 5.03. The maximum Gasteiger partial charge on any atom is 0.335 e. The van der Waals surface area contributed by atoms with Crippen LogP contribution in [0.4, 0.5) is 0 Å². The number of hydrogen-bond donors (Lipinski definition) is 1. The quantitative estimate of drug-likeness (QED) is 0.890. The van der Waals surface area contributed by atoms with E-state index in [1.165, 1.54) is 6.42 Å². The van der Waals surface area contributed by atoms with Gasteiger partial charge in [-0.05, 0) is 42.9 Å². The van der Waals surface area contributed by atoms with Crippen molar-refractivity contribution in [2.45, 2.75) is 52.7 Å². The molecule has 1 saturated carbocycles. The van der Waals surface area contributed by atoms with Gasteiger partial charge in [-0.25, -0.2) is 4.79 Å². The van der Waals surface area contributed by atoms with Crippen molar-refractivity contribution in [3.05, 3.63) is 35.4 Å². The van der Waals surface area contributed by atoms with E-state index < -0.39 is 5.97 Å². The minimum absolute atomic E-state index is 0.322. The van der Waals surface area contributed by atoms with Gasteiger partial charge in [0.25, 0.3) is 0 Å². The van der Waals surface area contributed by atoms with E-state index in [1.54, 1.807) is 12.1 Å². The summed E-state index contributed by atoms with van der Waals surface area (Å²) in [4.78, 5) is 10.7. The molecule has 0 aromatic heterocycles. The molecule has 1 aromatic carbocycles. The van der Waals surface area contributed by atoms with Gasteiger partial charge < -0.3 is 9.84 Å². The molecular formula is C16H24O3. The number of hydrogen-bond acceptors (Lipinski definition) is 2. The molecule has 0 heterocycles. The largest absolute Gasteiger partial charge is 0.478 e. The number of carboxylic acids is 1. The maximum absolute atomic E-state index is 10.7. The van der Waals surface area contributed by atoms with Gasteiger partial charge in [0.1, 0.15) is 0 Å². The van der Waals surface area contributed by atoms with Crippen molar-refractivity contribution >= 4 is 5.97 Å². The Bertz CT molecular complexity index is 383. The molecule has 2 rings (SSSR count). The van der Waals surface area contributed by atoms with Crippen molar-refractivity contribution in [1.82, 2.24) is 0 Å². The second kappa shape index (κ2) is 7.95. The van der Waals surface area contributed by atoms with Crippen LogP contribution in [-0.2, 0) is 11.3 Å². The van der Waals surface area contributed by atoms with Crippen LogP contribution in [0.15, 0.2) is 24.3 Å². The summed E-state index contributed by atoms with van der Waals surface area (Å²) in [7, 11) is 0. The molecule has 1 fully saturated rings.